The van der Waals surface area contributed by atoms with Crippen molar-refractivity contribution in [2.75, 3.05) is 0 Å². The number of halogens is 2. The van der Waals surface area contributed by atoms with E-state index in [0.717, 1.165) is 15.9 Å². The normalized spacial score (nSPS) is 11.1. The van der Waals surface area contributed by atoms with Gasteiger partial charge < -0.3 is 0 Å². The van der Waals surface area contributed by atoms with Crippen molar-refractivity contribution in [2.45, 2.75) is 33.1 Å². The summed E-state index contributed by atoms with van der Waals surface area (Å²) in [7, 11) is 10.7. The molecule has 0 amide bonds. The quantitative estimate of drug-likeness (QED) is 0.141. The average Bonchev–Trinajstić information content (AvgIpc) is 3.50. The van der Waals surface area contributed by atoms with Crippen molar-refractivity contribution in [1.29, 1.82) is 0 Å². The summed E-state index contributed by atoms with van der Waals surface area (Å²) in [5.41, 5.74) is 8.38. The average molecular weight is 603 g/mol. The van der Waals surface area contributed by atoms with E-state index in [0.29, 0.717) is 5.92 Å². The van der Waals surface area contributed by atoms with Crippen LogP contribution < -0.4 is 10.4 Å². The summed E-state index contributed by atoms with van der Waals surface area (Å²) >= 11 is -0.826. The maximum absolute atomic E-state index is 4.93. The predicted octanol–water partition coefficient (Wildman–Crippen LogP) is 8.41. The van der Waals surface area contributed by atoms with Crippen molar-refractivity contribution in [1.82, 2.24) is 0 Å². The maximum Gasteiger partial charge on any atom is 0.0920 e. The Morgan fingerprint density at radius 1 is 0.889 bits per heavy atom. The summed E-state index contributed by atoms with van der Waals surface area (Å²) in [5.74, 6) is 0.537. The van der Waals surface area contributed by atoms with E-state index in [-0.39, 0.29) is 0 Å². The first-order valence-corrected chi connectivity index (χ1v) is 19.5. The predicted molar refractivity (Wildman–Crippen MR) is 156 cm³/mol. The SMILES string of the molecule is CCc1cc2c(-c3ccccc3)c(C(C)C)ccc2[cH-]1.[Cl][Zr+2][Cl].[c-]1cccc2c1[Si]c1ccccc1-2. The molecule has 0 atom stereocenters. The first kappa shape index (κ1) is 27.2. The molecule has 5 aromatic rings. The van der Waals surface area contributed by atoms with Gasteiger partial charge in [0.25, 0.3) is 0 Å². The Balaban J connectivity index is 0.000000163. The Bertz CT molecular complexity index is 1380. The molecule has 0 saturated carbocycles. The van der Waals surface area contributed by atoms with Crippen molar-refractivity contribution in [3.63, 3.8) is 0 Å². The molecule has 0 spiro atoms. The van der Waals surface area contributed by atoms with Crippen LogP contribution in [0.5, 0.6) is 0 Å². The van der Waals surface area contributed by atoms with Crippen LogP contribution in [0.25, 0.3) is 33.0 Å². The van der Waals surface area contributed by atoms with Gasteiger partial charge in [-0.2, -0.15) is 35.5 Å². The Morgan fingerprint density at radius 3 is 2.31 bits per heavy atom. The molecule has 5 aromatic carbocycles. The van der Waals surface area contributed by atoms with E-state index in [1.807, 2.05) is 6.07 Å². The molecule has 0 aliphatic carbocycles. The van der Waals surface area contributed by atoms with Gasteiger partial charge in [0.05, 0.1) is 9.52 Å². The summed E-state index contributed by atoms with van der Waals surface area (Å²) in [6.07, 6.45) is 1.10. The van der Waals surface area contributed by atoms with Crippen molar-refractivity contribution >= 4 is 47.7 Å². The van der Waals surface area contributed by atoms with E-state index in [2.05, 4.69) is 118 Å². The van der Waals surface area contributed by atoms with Crippen LogP contribution in [0.3, 0.4) is 0 Å². The van der Waals surface area contributed by atoms with Crippen molar-refractivity contribution in [3.8, 4) is 22.3 Å². The fourth-order valence-electron chi connectivity index (χ4n) is 4.70. The van der Waals surface area contributed by atoms with Crippen LogP contribution in [0.1, 0.15) is 37.8 Å². The molecule has 1 heterocycles. The van der Waals surface area contributed by atoms with Gasteiger partial charge in [-0.3, -0.25) is 0 Å². The number of benzene rings is 4. The van der Waals surface area contributed by atoms with Crippen molar-refractivity contribution in [3.05, 3.63) is 114 Å². The number of hydrogen-bond donors (Lipinski definition) is 0. The van der Waals surface area contributed by atoms with Crippen LogP contribution in [0, 0.1) is 6.07 Å². The Labute approximate surface area is 236 Å². The molecular weight excluding hydrogens is 575 g/mol. The third-order valence-electron chi connectivity index (χ3n) is 6.41. The molecule has 178 valence electrons. The van der Waals surface area contributed by atoms with Crippen LogP contribution >= 0.6 is 17.0 Å². The fourth-order valence-corrected chi connectivity index (χ4v) is 6.01. The minimum atomic E-state index is -0.826. The zero-order valence-electron chi connectivity index (χ0n) is 20.8. The van der Waals surface area contributed by atoms with Gasteiger partial charge >= 0.3 is 37.9 Å². The van der Waals surface area contributed by atoms with Crippen molar-refractivity contribution in [2.24, 2.45) is 0 Å². The van der Waals surface area contributed by atoms with Gasteiger partial charge in [-0.15, -0.1) is 40.1 Å². The molecule has 1 aliphatic rings. The topological polar surface area (TPSA) is 0 Å². The van der Waals surface area contributed by atoms with Gasteiger partial charge in [0, 0.05) is 0 Å². The Kier molecular flexibility index (Phi) is 9.91. The van der Waals surface area contributed by atoms with Crippen LogP contribution in [-0.2, 0) is 27.3 Å². The summed E-state index contributed by atoms with van der Waals surface area (Å²) in [6.45, 7) is 6.77. The van der Waals surface area contributed by atoms with E-state index in [9.17, 15) is 0 Å². The second-order valence-electron chi connectivity index (χ2n) is 8.97. The largest absolute Gasteiger partial charge is 0.184 e. The van der Waals surface area contributed by atoms with Gasteiger partial charge in [-0.25, -0.2) is 0 Å². The number of rotatable bonds is 3. The summed E-state index contributed by atoms with van der Waals surface area (Å²) in [4.78, 5) is 0. The molecule has 6 rings (SSSR count). The minimum absolute atomic E-state index is 0.537. The van der Waals surface area contributed by atoms with Crippen LogP contribution in [0.2, 0.25) is 0 Å². The summed E-state index contributed by atoms with van der Waals surface area (Å²) in [5, 5.41) is 5.59. The Morgan fingerprint density at radius 2 is 1.58 bits per heavy atom. The van der Waals surface area contributed by atoms with Crippen LogP contribution in [-0.4, -0.2) is 9.52 Å². The molecule has 1 aliphatic heterocycles. The van der Waals surface area contributed by atoms with Crippen LogP contribution in [0.15, 0.2) is 97.1 Å². The number of hydrogen-bond acceptors (Lipinski definition) is 0. The van der Waals surface area contributed by atoms with E-state index >= 15 is 0 Å². The number of fused-ring (bicyclic) bond motifs is 4. The molecular formula is C32H28Cl2SiZr. The molecule has 0 N–H and O–H groups in total. The zero-order valence-corrected chi connectivity index (χ0v) is 25.7. The van der Waals surface area contributed by atoms with E-state index < -0.39 is 20.8 Å². The zero-order chi connectivity index (χ0) is 25.5. The molecule has 0 aromatic heterocycles. The smallest absolute Gasteiger partial charge is 0.0920 e. The first-order chi connectivity index (χ1) is 17.6. The molecule has 0 saturated heterocycles. The molecule has 0 fully saturated rings. The molecule has 2 radical (unpaired) electrons. The van der Waals surface area contributed by atoms with Gasteiger partial charge in [-0.1, -0.05) is 97.2 Å². The standard InChI is InChI=1S/C20H21.C12H7Si.2ClH.Zr/c1-4-15-12-17-10-11-18(14(2)3)20(19(17)13-15)16-8-6-5-7-9-16;1-3-7-11-9(5-1)10-6-2-4-8-12(10)13-11;;;/h5-14H,4H2,1-3H3;1-7H;2*1H;/q2*-1;;;+4/p-2. The Hall–Kier alpha value is -1.83. The molecule has 0 nitrogen and oxygen atoms in total. The fraction of sp³-hybridized carbons (Fsp3) is 0.156. The minimum Gasteiger partial charge on any atom is -0.184 e. The number of aryl methyl sites for hydroxylation is 1. The van der Waals surface area contributed by atoms with E-state index in [1.165, 1.54) is 54.5 Å². The monoisotopic (exact) mass is 600 g/mol. The second kappa shape index (κ2) is 13.1. The molecule has 36 heavy (non-hydrogen) atoms. The van der Waals surface area contributed by atoms with Gasteiger partial charge in [0.2, 0.25) is 0 Å². The third-order valence-corrected chi connectivity index (χ3v) is 7.78. The van der Waals surface area contributed by atoms with Crippen molar-refractivity contribution < 1.29 is 20.8 Å². The summed E-state index contributed by atoms with van der Waals surface area (Å²) in [6, 6.07) is 38.2. The molecule has 4 heteroatoms. The third kappa shape index (κ3) is 6.17. The maximum atomic E-state index is 4.93. The summed E-state index contributed by atoms with van der Waals surface area (Å²) < 4.78 is 0. The van der Waals surface area contributed by atoms with E-state index in [4.69, 9.17) is 17.0 Å². The van der Waals surface area contributed by atoms with E-state index in [1.54, 1.807) is 0 Å². The second-order valence-corrected chi connectivity index (χ2v) is 14.0. The molecule has 0 unspecified atom stereocenters. The van der Waals surface area contributed by atoms with Crippen LogP contribution in [0.4, 0.5) is 0 Å². The van der Waals surface area contributed by atoms with Gasteiger partial charge in [-0.05, 0) is 17.9 Å². The molecule has 0 bridgehead atoms. The van der Waals surface area contributed by atoms with Gasteiger partial charge in [0.1, 0.15) is 0 Å². The van der Waals surface area contributed by atoms with Gasteiger partial charge in [0.15, 0.2) is 0 Å². The first-order valence-electron chi connectivity index (χ1n) is 12.2.